The Labute approximate surface area is 107 Å². The molecule has 2 rings (SSSR count). The van der Waals surface area contributed by atoms with E-state index >= 15 is 0 Å². The Kier molecular flexibility index (Phi) is 5.30. The van der Waals surface area contributed by atoms with Crippen LogP contribution in [-0.2, 0) is 0 Å². The predicted molar refractivity (Wildman–Crippen MR) is 74.3 cm³/mol. The lowest BCUT2D eigenvalue weighted by molar-refractivity contribution is 0.139. The molecule has 2 atom stereocenters. The van der Waals surface area contributed by atoms with E-state index in [4.69, 9.17) is 0 Å². The molecule has 0 amide bonds. The number of nitrogens with one attached hydrogen (secondary N) is 1. The van der Waals surface area contributed by atoms with Gasteiger partial charge in [-0.05, 0) is 44.8 Å². The first-order valence-corrected chi connectivity index (χ1v) is 7.69. The Balaban J connectivity index is 1.66. The molecule has 1 N–H and O–H groups in total. The maximum absolute atomic E-state index is 3.45. The van der Waals surface area contributed by atoms with Crippen molar-refractivity contribution in [2.75, 3.05) is 26.7 Å². The summed E-state index contributed by atoms with van der Waals surface area (Å²) in [7, 11) is 2.11. The second kappa shape index (κ2) is 6.75. The maximum atomic E-state index is 3.45. The van der Waals surface area contributed by atoms with Crippen LogP contribution in [0.15, 0.2) is 0 Å². The quantitative estimate of drug-likeness (QED) is 0.810. The largest absolute Gasteiger partial charge is 0.317 e. The van der Waals surface area contributed by atoms with Gasteiger partial charge in [0.1, 0.15) is 0 Å². The van der Waals surface area contributed by atoms with E-state index in [1.165, 1.54) is 64.6 Å². The highest BCUT2D eigenvalue weighted by atomic mass is 15.1. The lowest BCUT2D eigenvalue weighted by atomic mass is 9.86. The molecule has 0 aromatic rings. The van der Waals surface area contributed by atoms with Gasteiger partial charge in [0.05, 0.1) is 0 Å². The van der Waals surface area contributed by atoms with Gasteiger partial charge in [-0.1, -0.05) is 39.0 Å². The molecule has 1 saturated carbocycles. The zero-order chi connectivity index (χ0) is 12.1. The molecule has 2 fully saturated rings. The highest BCUT2D eigenvalue weighted by Crippen LogP contribution is 2.27. The average Bonchev–Trinajstić information content (AvgIpc) is 2.38. The summed E-state index contributed by atoms with van der Waals surface area (Å²) in [5.41, 5.74) is 0. The van der Waals surface area contributed by atoms with Crippen LogP contribution in [0.25, 0.3) is 0 Å². The van der Waals surface area contributed by atoms with Crippen LogP contribution in [0.4, 0.5) is 0 Å². The zero-order valence-electron chi connectivity index (χ0n) is 11.8. The van der Waals surface area contributed by atoms with E-state index in [-0.39, 0.29) is 0 Å². The van der Waals surface area contributed by atoms with E-state index in [0.29, 0.717) is 0 Å². The number of hydrogen-bond acceptors (Lipinski definition) is 2. The first-order chi connectivity index (χ1) is 8.29. The smallest absolute Gasteiger partial charge is 0.0114 e. The van der Waals surface area contributed by atoms with Crippen molar-refractivity contribution in [1.82, 2.24) is 10.2 Å². The Morgan fingerprint density at radius 2 is 1.88 bits per heavy atom. The van der Waals surface area contributed by atoms with Crippen LogP contribution in [0.1, 0.15) is 51.9 Å². The van der Waals surface area contributed by atoms with Crippen molar-refractivity contribution >= 4 is 0 Å². The minimum atomic E-state index is 0.751. The van der Waals surface area contributed by atoms with Gasteiger partial charge in [-0.2, -0.15) is 0 Å². The molecule has 1 aliphatic carbocycles. The van der Waals surface area contributed by atoms with Crippen LogP contribution in [-0.4, -0.2) is 37.6 Å². The van der Waals surface area contributed by atoms with Crippen molar-refractivity contribution in [1.29, 1.82) is 0 Å². The second-order valence-corrected chi connectivity index (χ2v) is 6.25. The van der Waals surface area contributed by atoms with Gasteiger partial charge in [0, 0.05) is 12.6 Å². The molecule has 17 heavy (non-hydrogen) atoms. The molecule has 0 aromatic carbocycles. The Morgan fingerprint density at radius 1 is 1.12 bits per heavy atom. The minimum Gasteiger partial charge on any atom is -0.317 e. The molecule has 0 spiro atoms. The third-order valence-electron chi connectivity index (χ3n) is 4.94. The summed E-state index contributed by atoms with van der Waals surface area (Å²) in [5.74, 6) is 1.86. The van der Waals surface area contributed by atoms with Crippen molar-refractivity contribution in [2.45, 2.75) is 57.9 Å². The molecule has 1 aliphatic heterocycles. The Morgan fingerprint density at radius 3 is 2.53 bits per heavy atom. The number of rotatable bonds is 4. The zero-order valence-corrected chi connectivity index (χ0v) is 11.8. The highest BCUT2D eigenvalue weighted by molar-refractivity contribution is 4.82. The normalized spacial score (nSPS) is 32.8. The van der Waals surface area contributed by atoms with Crippen LogP contribution in [0.5, 0.6) is 0 Å². The van der Waals surface area contributed by atoms with Crippen molar-refractivity contribution in [3.8, 4) is 0 Å². The summed E-state index contributed by atoms with van der Waals surface area (Å²) < 4.78 is 0. The van der Waals surface area contributed by atoms with Crippen LogP contribution in [0.3, 0.4) is 0 Å². The lowest BCUT2D eigenvalue weighted by Gasteiger charge is -2.37. The summed E-state index contributed by atoms with van der Waals surface area (Å²) in [4.78, 5) is 2.70. The number of hydrogen-bond donors (Lipinski definition) is 1. The Hall–Kier alpha value is -0.0800. The van der Waals surface area contributed by atoms with Gasteiger partial charge < -0.3 is 10.2 Å². The van der Waals surface area contributed by atoms with Gasteiger partial charge in [-0.25, -0.2) is 0 Å². The third kappa shape index (κ3) is 3.96. The molecule has 2 unspecified atom stereocenters. The first kappa shape index (κ1) is 13.4. The van der Waals surface area contributed by atoms with Crippen LogP contribution in [0, 0.1) is 11.8 Å². The van der Waals surface area contributed by atoms with Gasteiger partial charge in [-0.3, -0.25) is 0 Å². The molecule has 2 heteroatoms. The molecule has 0 radical (unpaired) electrons. The molecule has 2 nitrogen and oxygen atoms in total. The SMILES string of the molecule is CNC1CCN(CCC2CCCCC2)CC1C. The molecule has 0 bridgehead atoms. The minimum absolute atomic E-state index is 0.751. The molecular formula is C15H30N2. The van der Waals surface area contributed by atoms with Crippen molar-refractivity contribution in [3.63, 3.8) is 0 Å². The van der Waals surface area contributed by atoms with E-state index in [9.17, 15) is 0 Å². The van der Waals surface area contributed by atoms with E-state index in [0.717, 1.165) is 17.9 Å². The summed E-state index contributed by atoms with van der Waals surface area (Å²) in [6, 6.07) is 0.751. The van der Waals surface area contributed by atoms with Gasteiger partial charge in [0.2, 0.25) is 0 Å². The van der Waals surface area contributed by atoms with Crippen LogP contribution < -0.4 is 5.32 Å². The van der Waals surface area contributed by atoms with Crippen LogP contribution >= 0.6 is 0 Å². The molecule has 0 aromatic heterocycles. The topological polar surface area (TPSA) is 15.3 Å². The summed E-state index contributed by atoms with van der Waals surface area (Å²) in [6.07, 6.45) is 10.3. The molecule has 1 heterocycles. The Bertz CT molecular complexity index is 211. The maximum Gasteiger partial charge on any atom is 0.0114 e. The standard InChI is InChI=1S/C15H30N2/c1-13-12-17(11-9-15(13)16-2)10-8-14-6-4-3-5-7-14/h13-16H,3-12H2,1-2H3. The average molecular weight is 238 g/mol. The number of likely N-dealkylation sites (tertiary alicyclic amines) is 1. The predicted octanol–water partition coefficient (Wildman–Crippen LogP) is 2.89. The summed E-state index contributed by atoms with van der Waals surface area (Å²) in [6.45, 7) is 6.36. The van der Waals surface area contributed by atoms with E-state index in [1.807, 2.05) is 0 Å². The highest BCUT2D eigenvalue weighted by Gasteiger charge is 2.25. The molecule has 1 saturated heterocycles. The molecule has 2 aliphatic rings. The van der Waals surface area contributed by atoms with E-state index < -0.39 is 0 Å². The van der Waals surface area contributed by atoms with E-state index in [2.05, 4.69) is 24.2 Å². The van der Waals surface area contributed by atoms with Crippen molar-refractivity contribution < 1.29 is 0 Å². The number of piperidine rings is 1. The van der Waals surface area contributed by atoms with Gasteiger partial charge >= 0.3 is 0 Å². The summed E-state index contributed by atoms with van der Waals surface area (Å²) in [5, 5.41) is 3.45. The van der Waals surface area contributed by atoms with Crippen LogP contribution in [0.2, 0.25) is 0 Å². The van der Waals surface area contributed by atoms with Gasteiger partial charge in [-0.15, -0.1) is 0 Å². The molecular weight excluding hydrogens is 208 g/mol. The van der Waals surface area contributed by atoms with Gasteiger partial charge in [0.15, 0.2) is 0 Å². The lowest BCUT2D eigenvalue weighted by Crippen LogP contribution is -2.47. The molecule has 100 valence electrons. The number of nitrogens with zero attached hydrogens (tertiary/aromatic N) is 1. The summed E-state index contributed by atoms with van der Waals surface area (Å²) >= 11 is 0. The third-order valence-corrected chi connectivity index (χ3v) is 4.94. The second-order valence-electron chi connectivity index (χ2n) is 6.25. The first-order valence-electron chi connectivity index (χ1n) is 7.69. The van der Waals surface area contributed by atoms with E-state index in [1.54, 1.807) is 0 Å². The monoisotopic (exact) mass is 238 g/mol. The van der Waals surface area contributed by atoms with Gasteiger partial charge in [0.25, 0.3) is 0 Å². The van der Waals surface area contributed by atoms with Crippen molar-refractivity contribution in [2.24, 2.45) is 11.8 Å². The fourth-order valence-electron chi connectivity index (χ4n) is 3.70. The fourth-order valence-corrected chi connectivity index (χ4v) is 3.70. The van der Waals surface area contributed by atoms with Crippen molar-refractivity contribution in [3.05, 3.63) is 0 Å². The fraction of sp³-hybridized carbons (Fsp3) is 1.00.